The fourth-order valence-electron chi connectivity index (χ4n) is 3.45. The molecular weight excluding hydrogens is 512 g/mol. The largest absolute Gasteiger partial charge is 0.359 e. The molecule has 38 heavy (non-hydrogen) atoms. The van der Waals surface area contributed by atoms with Crippen LogP contribution >= 0.6 is 11.8 Å². The second-order valence-corrected chi connectivity index (χ2v) is 10.1. The van der Waals surface area contributed by atoms with Gasteiger partial charge in [0.15, 0.2) is 0 Å². The Labute approximate surface area is 230 Å². The first-order valence-corrected chi connectivity index (χ1v) is 14.3. The van der Waals surface area contributed by atoms with Gasteiger partial charge in [-0.15, -0.1) is 0 Å². The molecule has 4 amide bonds. The van der Waals surface area contributed by atoms with Crippen molar-refractivity contribution < 1.29 is 33.6 Å². The lowest BCUT2D eigenvalue weighted by atomic mass is 10.2. The summed E-state index contributed by atoms with van der Waals surface area (Å²) in [7, 11) is 1.50. The highest BCUT2D eigenvalue weighted by Crippen LogP contribution is 2.08. The van der Waals surface area contributed by atoms with Crippen LogP contribution in [0.1, 0.15) is 65.7 Å². The average Bonchev–Trinajstić information content (AvgIpc) is 2.86. The van der Waals surface area contributed by atoms with E-state index in [1.807, 2.05) is 6.26 Å². The molecule has 0 aliphatic carbocycles. The number of nitrogens with one attached hydrogen (secondary N) is 1. The molecular formula is C26H44N4O7S. The third-order valence-electron chi connectivity index (χ3n) is 5.86. The number of Topliss-reactive ketones (excluding diaryl/α,β-unsaturated/α-hetero) is 3. The van der Waals surface area contributed by atoms with Crippen molar-refractivity contribution in [1.29, 1.82) is 0 Å². The number of hydrogen-bond donors (Lipinski definition) is 1. The topological polar surface area (TPSA) is 141 Å². The molecule has 1 N–H and O–H groups in total. The Morgan fingerprint density at radius 2 is 0.842 bits per heavy atom. The van der Waals surface area contributed by atoms with E-state index >= 15 is 0 Å². The van der Waals surface area contributed by atoms with Crippen molar-refractivity contribution in [2.45, 2.75) is 65.7 Å². The average molecular weight is 557 g/mol. The van der Waals surface area contributed by atoms with Gasteiger partial charge in [0.05, 0.1) is 0 Å². The molecule has 0 aliphatic rings. The Hall–Kier alpha value is -2.76. The summed E-state index contributed by atoms with van der Waals surface area (Å²) in [6.45, 7) is 5.25. The molecule has 0 saturated carbocycles. The van der Waals surface area contributed by atoms with Gasteiger partial charge in [0.25, 0.3) is 0 Å². The number of ketones is 3. The second-order valence-electron chi connectivity index (χ2n) is 9.16. The Balaban J connectivity index is 5.34. The van der Waals surface area contributed by atoms with Crippen LogP contribution in [0.25, 0.3) is 0 Å². The summed E-state index contributed by atoms with van der Waals surface area (Å²) in [5.74, 6) is -0.570. The summed E-state index contributed by atoms with van der Waals surface area (Å²) in [5.41, 5.74) is 0. The molecule has 0 aliphatic heterocycles. The summed E-state index contributed by atoms with van der Waals surface area (Å²) < 4.78 is 0. The number of carbonyl (C=O) groups excluding carboxylic acids is 7. The molecule has 0 saturated heterocycles. The lowest BCUT2D eigenvalue weighted by Crippen LogP contribution is -2.41. The maximum absolute atomic E-state index is 12.9. The highest BCUT2D eigenvalue weighted by atomic mass is 32.2. The van der Waals surface area contributed by atoms with Gasteiger partial charge in [0.2, 0.25) is 23.6 Å². The predicted molar refractivity (Wildman–Crippen MR) is 147 cm³/mol. The zero-order valence-corrected chi connectivity index (χ0v) is 24.3. The lowest BCUT2D eigenvalue weighted by Gasteiger charge is -2.27. The van der Waals surface area contributed by atoms with Gasteiger partial charge < -0.3 is 20.0 Å². The predicted octanol–water partition coefficient (Wildman–Crippen LogP) is 1.08. The van der Waals surface area contributed by atoms with Crippen molar-refractivity contribution in [3.63, 3.8) is 0 Å². The van der Waals surface area contributed by atoms with Crippen molar-refractivity contribution in [2.75, 3.05) is 58.3 Å². The zero-order chi connectivity index (χ0) is 29.1. The van der Waals surface area contributed by atoms with Crippen molar-refractivity contribution in [3.8, 4) is 0 Å². The Morgan fingerprint density at radius 3 is 1.16 bits per heavy atom. The SMILES string of the molecule is CNC(=O)CCN(CCC(C)=O)C(=O)CCN(CCC(=O)N(CCC(C)=O)CCC(C)=O)C(=O)CCSC. The first-order chi connectivity index (χ1) is 17.9. The number of hydrogen-bond acceptors (Lipinski definition) is 8. The minimum atomic E-state index is -0.284. The lowest BCUT2D eigenvalue weighted by molar-refractivity contribution is -0.135. The monoisotopic (exact) mass is 556 g/mol. The van der Waals surface area contributed by atoms with Crippen LogP contribution < -0.4 is 5.32 Å². The molecule has 0 aromatic rings. The fourth-order valence-corrected chi connectivity index (χ4v) is 3.83. The van der Waals surface area contributed by atoms with Gasteiger partial charge in [-0.25, -0.2) is 0 Å². The minimum Gasteiger partial charge on any atom is -0.359 e. The molecule has 0 atom stereocenters. The maximum atomic E-state index is 12.9. The molecule has 0 spiro atoms. The first kappa shape index (κ1) is 35.2. The van der Waals surface area contributed by atoms with E-state index in [4.69, 9.17) is 0 Å². The molecule has 0 bridgehead atoms. The third-order valence-corrected chi connectivity index (χ3v) is 6.47. The van der Waals surface area contributed by atoms with Crippen molar-refractivity contribution >= 4 is 52.7 Å². The van der Waals surface area contributed by atoms with E-state index in [-0.39, 0.29) is 125 Å². The Kier molecular flexibility index (Phi) is 18.8. The van der Waals surface area contributed by atoms with E-state index in [9.17, 15) is 33.6 Å². The van der Waals surface area contributed by atoms with Gasteiger partial charge in [0, 0.05) is 97.0 Å². The first-order valence-electron chi connectivity index (χ1n) is 12.9. The molecule has 11 nitrogen and oxygen atoms in total. The summed E-state index contributed by atoms with van der Waals surface area (Å²) in [6, 6.07) is 0. The Bertz CT molecular complexity index is 816. The number of thioether (sulfide) groups is 1. The highest BCUT2D eigenvalue weighted by Gasteiger charge is 2.22. The molecule has 0 unspecified atom stereocenters. The van der Waals surface area contributed by atoms with Gasteiger partial charge in [-0.1, -0.05) is 0 Å². The number of carbonyl (C=O) groups is 7. The van der Waals surface area contributed by atoms with E-state index in [1.54, 1.807) is 0 Å². The second kappa shape index (κ2) is 20.2. The normalized spacial score (nSPS) is 10.4. The van der Waals surface area contributed by atoms with Crippen LogP contribution in [0.3, 0.4) is 0 Å². The maximum Gasteiger partial charge on any atom is 0.224 e. The molecule has 216 valence electrons. The van der Waals surface area contributed by atoms with E-state index in [0.29, 0.717) is 5.75 Å². The summed E-state index contributed by atoms with van der Waals surface area (Å²) in [6.07, 6.45) is 2.75. The number of nitrogens with zero attached hydrogens (tertiary/aromatic N) is 3. The zero-order valence-electron chi connectivity index (χ0n) is 23.5. The van der Waals surface area contributed by atoms with Gasteiger partial charge in [-0.2, -0.15) is 11.8 Å². The summed E-state index contributed by atoms with van der Waals surface area (Å²) >= 11 is 1.51. The molecule has 0 fully saturated rings. The Morgan fingerprint density at radius 1 is 0.526 bits per heavy atom. The fraction of sp³-hybridized carbons (Fsp3) is 0.731. The number of rotatable bonds is 21. The standard InChI is InChI=1S/C26H44N4O7S/c1-20(31)6-13-28(14-7-21(2)32)24(35)10-17-30(26(37)12-19-38-5)18-11-25(36)29(15-8-22(3)33)16-9-23(34)27-4/h6-19H2,1-5H3,(H,27,34). The van der Waals surface area contributed by atoms with E-state index < -0.39 is 0 Å². The van der Waals surface area contributed by atoms with Crippen LogP contribution in [0.4, 0.5) is 0 Å². The minimum absolute atomic E-state index is 0.000268. The highest BCUT2D eigenvalue weighted by molar-refractivity contribution is 7.98. The van der Waals surface area contributed by atoms with Crippen LogP contribution in [-0.4, -0.2) is 114 Å². The van der Waals surface area contributed by atoms with Gasteiger partial charge in [0.1, 0.15) is 17.3 Å². The molecule has 12 heteroatoms. The van der Waals surface area contributed by atoms with Crippen LogP contribution in [0.2, 0.25) is 0 Å². The quantitative estimate of drug-likeness (QED) is 0.221. The molecule has 0 aromatic heterocycles. The molecule has 0 heterocycles. The van der Waals surface area contributed by atoms with E-state index in [2.05, 4.69) is 5.32 Å². The third kappa shape index (κ3) is 16.9. The van der Waals surface area contributed by atoms with E-state index in [0.717, 1.165) is 0 Å². The van der Waals surface area contributed by atoms with E-state index in [1.165, 1.54) is 54.3 Å². The van der Waals surface area contributed by atoms with Crippen LogP contribution in [0, 0.1) is 0 Å². The van der Waals surface area contributed by atoms with Crippen molar-refractivity contribution in [3.05, 3.63) is 0 Å². The number of amides is 4. The molecule has 0 radical (unpaired) electrons. The van der Waals surface area contributed by atoms with Gasteiger partial charge in [-0.3, -0.25) is 33.6 Å². The van der Waals surface area contributed by atoms with Crippen LogP contribution in [0.5, 0.6) is 0 Å². The van der Waals surface area contributed by atoms with Crippen molar-refractivity contribution in [2.24, 2.45) is 0 Å². The van der Waals surface area contributed by atoms with Crippen LogP contribution in [-0.2, 0) is 33.6 Å². The smallest absolute Gasteiger partial charge is 0.224 e. The van der Waals surface area contributed by atoms with Crippen molar-refractivity contribution in [1.82, 2.24) is 20.0 Å². The van der Waals surface area contributed by atoms with Gasteiger partial charge >= 0.3 is 0 Å². The molecule has 0 rings (SSSR count). The summed E-state index contributed by atoms with van der Waals surface area (Å²) in [4.78, 5) is 89.0. The summed E-state index contributed by atoms with van der Waals surface area (Å²) in [5, 5.41) is 2.50. The van der Waals surface area contributed by atoms with Crippen LogP contribution in [0.15, 0.2) is 0 Å². The molecule has 0 aromatic carbocycles. The van der Waals surface area contributed by atoms with Gasteiger partial charge in [-0.05, 0) is 27.0 Å².